The number of rotatable bonds is 4. The highest BCUT2D eigenvalue weighted by molar-refractivity contribution is 8.15. The van der Waals surface area contributed by atoms with Crippen molar-refractivity contribution in [1.82, 2.24) is 9.97 Å². The first-order valence-electron chi connectivity index (χ1n) is 8.91. The third kappa shape index (κ3) is 4.04. The summed E-state index contributed by atoms with van der Waals surface area (Å²) >= 11 is 5.15. The third-order valence-electron chi connectivity index (χ3n) is 4.24. The lowest BCUT2D eigenvalue weighted by atomic mass is 10.1. The minimum atomic E-state index is -0.131. The number of thiazole rings is 2. The van der Waals surface area contributed by atoms with Gasteiger partial charge in [0.05, 0.1) is 20.4 Å². The van der Waals surface area contributed by atoms with Crippen LogP contribution in [0.3, 0.4) is 0 Å². The van der Waals surface area contributed by atoms with E-state index in [1.807, 2.05) is 48.5 Å². The van der Waals surface area contributed by atoms with Crippen molar-refractivity contribution < 1.29 is 9.59 Å². The molecule has 30 heavy (non-hydrogen) atoms. The highest BCUT2D eigenvalue weighted by atomic mass is 32.2. The zero-order valence-electron chi connectivity index (χ0n) is 15.3. The molecule has 0 amide bonds. The van der Waals surface area contributed by atoms with Gasteiger partial charge in [-0.25, -0.2) is 9.97 Å². The van der Waals surface area contributed by atoms with Gasteiger partial charge in [-0.1, -0.05) is 42.5 Å². The highest BCUT2D eigenvalue weighted by Crippen LogP contribution is 2.33. The average Bonchev–Trinajstić information content (AvgIpc) is 3.36. The van der Waals surface area contributed by atoms with Crippen molar-refractivity contribution >= 4 is 76.9 Å². The third-order valence-corrected chi connectivity index (χ3v) is 8.28. The first-order valence-corrected chi connectivity index (χ1v) is 12.2. The van der Waals surface area contributed by atoms with Crippen LogP contribution in [0.15, 0.2) is 81.5 Å². The number of benzene rings is 3. The molecule has 146 valence electrons. The normalized spacial score (nSPS) is 11.2. The van der Waals surface area contributed by atoms with Gasteiger partial charge in [-0.2, -0.15) is 0 Å². The quantitative estimate of drug-likeness (QED) is 0.274. The number of thioether (sulfide) groups is 2. The van der Waals surface area contributed by atoms with Crippen LogP contribution >= 0.6 is 46.2 Å². The second-order valence-electron chi connectivity index (χ2n) is 6.25. The Morgan fingerprint density at radius 2 is 1.10 bits per heavy atom. The van der Waals surface area contributed by atoms with Crippen LogP contribution in [0.4, 0.5) is 0 Å². The monoisotopic (exact) mass is 464 g/mol. The molecule has 0 unspecified atom stereocenters. The lowest BCUT2D eigenvalue weighted by molar-refractivity contribution is 0.108. The molecule has 5 rings (SSSR count). The molecule has 0 saturated heterocycles. The van der Waals surface area contributed by atoms with E-state index in [0.717, 1.165) is 44.0 Å². The van der Waals surface area contributed by atoms with E-state index in [1.165, 1.54) is 22.7 Å². The van der Waals surface area contributed by atoms with Gasteiger partial charge in [0.1, 0.15) is 0 Å². The Labute approximate surface area is 188 Å². The van der Waals surface area contributed by atoms with Crippen molar-refractivity contribution in [2.24, 2.45) is 0 Å². The summed E-state index contributed by atoms with van der Waals surface area (Å²) in [6, 6.07) is 22.4. The van der Waals surface area contributed by atoms with Crippen LogP contribution in [0.25, 0.3) is 20.4 Å². The Hall–Kier alpha value is -2.52. The molecule has 0 aliphatic carbocycles. The van der Waals surface area contributed by atoms with Gasteiger partial charge in [-0.05, 0) is 53.9 Å². The molecule has 0 spiro atoms. The first kappa shape index (κ1) is 19.4. The van der Waals surface area contributed by atoms with Crippen molar-refractivity contribution in [3.8, 4) is 0 Å². The molecule has 0 saturated carbocycles. The summed E-state index contributed by atoms with van der Waals surface area (Å²) in [7, 11) is 0. The van der Waals surface area contributed by atoms with E-state index in [2.05, 4.69) is 9.97 Å². The van der Waals surface area contributed by atoms with Crippen LogP contribution in [0, 0.1) is 0 Å². The minimum absolute atomic E-state index is 0.131. The lowest BCUT2D eigenvalue weighted by Crippen LogP contribution is -1.98. The highest BCUT2D eigenvalue weighted by Gasteiger charge is 2.16. The molecule has 0 aliphatic rings. The summed E-state index contributed by atoms with van der Waals surface area (Å²) in [4.78, 5) is 34.5. The molecule has 3 aromatic carbocycles. The van der Waals surface area contributed by atoms with Gasteiger partial charge in [-0.3, -0.25) is 9.59 Å². The standard InChI is InChI=1S/C22H12N2O2S4/c25-19(29-21-23-15-8-1-3-10-17(15)27-21)13-6-5-7-14(12-13)20(26)30-22-24-16-9-2-4-11-18(16)28-22/h1-12H. The summed E-state index contributed by atoms with van der Waals surface area (Å²) in [5.74, 6) is 0. The average molecular weight is 465 g/mol. The van der Waals surface area contributed by atoms with Crippen LogP contribution in [-0.2, 0) is 0 Å². The lowest BCUT2D eigenvalue weighted by Gasteiger charge is -2.02. The van der Waals surface area contributed by atoms with Gasteiger partial charge in [0, 0.05) is 11.1 Å². The van der Waals surface area contributed by atoms with Crippen LogP contribution in [-0.4, -0.2) is 20.2 Å². The van der Waals surface area contributed by atoms with Crippen LogP contribution in [0.2, 0.25) is 0 Å². The van der Waals surface area contributed by atoms with Gasteiger partial charge in [0.15, 0.2) is 8.68 Å². The number of hydrogen-bond donors (Lipinski definition) is 0. The molecular formula is C22H12N2O2S4. The maximum atomic E-state index is 12.7. The minimum Gasteiger partial charge on any atom is -0.281 e. The van der Waals surface area contributed by atoms with Gasteiger partial charge in [0.2, 0.25) is 10.2 Å². The number of para-hydroxylation sites is 2. The molecule has 0 N–H and O–H groups in total. The van der Waals surface area contributed by atoms with Gasteiger partial charge >= 0.3 is 0 Å². The zero-order chi connectivity index (χ0) is 20.5. The summed E-state index contributed by atoms with van der Waals surface area (Å²) in [6.45, 7) is 0. The Bertz CT molecular complexity index is 1240. The molecule has 2 aromatic heterocycles. The van der Waals surface area contributed by atoms with E-state index in [9.17, 15) is 9.59 Å². The predicted octanol–water partition coefficient (Wildman–Crippen LogP) is 6.77. The number of aromatic nitrogens is 2. The van der Waals surface area contributed by atoms with E-state index in [4.69, 9.17) is 0 Å². The first-order chi connectivity index (χ1) is 14.7. The van der Waals surface area contributed by atoms with E-state index < -0.39 is 0 Å². The van der Waals surface area contributed by atoms with Crippen molar-refractivity contribution in [1.29, 1.82) is 0 Å². The second kappa shape index (κ2) is 8.31. The number of carbonyl (C=O) groups is 2. The Morgan fingerprint density at radius 3 is 1.57 bits per heavy atom. The Balaban J connectivity index is 1.33. The summed E-state index contributed by atoms with van der Waals surface area (Å²) in [5.41, 5.74) is 2.73. The van der Waals surface area contributed by atoms with Gasteiger partial charge in [-0.15, -0.1) is 22.7 Å². The Morgan fingerprint density at radius 1 is 0.633 bits per heavy atom. The molecule has 0 fully saturated rings. The molecular weight excluding hydrogens is 453 g/mol. The summed E-state index contributed by atoms with van der Waals surface area (Å²) in [5, 5.41) is -0.262. The smallest absolute Gasteiger partial charge is 0.226 e. The fraction of sp³-hybridized carbons (Fsp3) is 0. The SMILES string of the molecule is O=C(Sc1nc2ccccc2s1)c1cccc(C(=O)Sc2nc3ccccc3s2)c1. The van der Waals surface area contributed by atoms with Crippen LogP contribution in [0.5, 0.6) is 0 Å². The van der Waals surface area contributed by atoms with Crippen molar-refractivity contribution in [2.75, 3.05) is 0 Å². The van der Waals surface area contributed by atoms with Crippen molar-refractivity contribution in [2.45, 2.75) is 8.68 Å². The molecule has 8 heteroatoms. The maximum absolute atomic E-state index is 12.7. The molecule has 0 atom stereocenters. The van der Waals surface area contributed by atoms with E-state index in [0.29, 0.717) is 19.8 Å². The molecule has 5 aromatic rings. The summed E-state index contributed by atoms with van der Waals surface area (Å²) in [6.07, 6.45) is 0. The second-order valence-corrected chi connectivity index (χ2v) is 10.8. The fourth-order valence-corrected chi connectivity index (χ4v) is 6.65. The largest absolute Gasteiger partial charge is 0.281 e. The van der Waals surface area contributed by atoms with Crippen LogP contribution < -0.4 is 0 Å². The number of nitrogens with zero attached hydrogens (tertiary/aromatic N) is 2. The van der Waals surface area contributed by atoms with Crippen molar-refractivity contribution in [3.63, 3.8) is 0 Å². The topological polar surface area (TPSA) is 59.9 Å². The predicted molar refractivity (Wildman–Crippen MR) is 126 cm³/mol. The number of fused-ring (bicyclic) bond motifs is 2. The van der Waals surface area contributed by atoms with Crippen molar-refractivity contribution in [3.05, 3.63) is 83.9 Å². The van der Waals surface area contributed by atoms with Gasteiger partial charge < -0.3 is 0 Å². The number of carbonyl (C=O) groups excluding carboxylic acids is 2. The fourth-order valence-electron chi connectivity index (χ4n) is 2.84. The van der Waals surface area contributed by atoms with Gasteiger partial charge in [0.25, 0.3) is 0 Å². The molecule has 0 bridgehead atoms. The molecule has 0 radical (unpaired) electrons. The van der Waals surface area contributed by atoms with Crippen LogP contribution in [0.1, 0.15) is 20.7 Å². The Kier molecular flexibility index (Phi) is 5.39. The molecule has 0 aliphatic heterocycles. The molecule has 4 nitrogen and oxygen atoms in total. The van der Waals surface area contributed by atoms with E-state index >= 15 is 0 Å². The number of hydrogen-bond acceptors (Lipinski definition) is 8. The molecule has 2 heterocycles. The summed E-state index contributed by atoms with van der Waals surface area (Å²) < 4.78 is 3.48. The van der Waals surface area contributed by atoms with E-state index in [1.54, 1.807) is 24.3 Å². The maximum Gasteiger partial charge on any atom is 0.226 e. The van der Waals surface area contributed by atoms with E-state index in [-0.39, 0.29) is 10.2 Å². The zero-order valence-corrected chi connectivity index (χ0v) is 18.5.